The van der Waals surface area contributed by atoms with Crippen LogP contribution < -0.4 is 4.90 Å². The Kier molecular flexibility index (Phi) is 7.15. The van der Waals surface area contributed by atoms with Gasteiger partial charge in [-0.1, -0.05) is 61.4 Å². The van der Waals surface area contributed by atoms with E-state index in [0.717, 1.165) is 29.6 Å². The third kappa shape index (κ3) is 4.99. The lowest BCUT2D eigenvalue weighted by Gasteiger charge is -2.31. The summed E-state index contributed by atoms with van der Waals surface area (Å²) in [5.41, 5.74) is 2.62. The molecule has 0 unspecified atom stereocenters. The monoisotopic (exact) mass is 450 g/mol. The Morgan fingerprint density at radius 3 is 2.41 bits per heavy atom. The largest absolute Gasteiger partial charge is 0.341 e. The molecule has 0 saturated heterocycles. The van der Waals surface area contributed by atoms with Crippen LogP contribution in [0.1, 0.15) is 32.1 Å². The SMILES string of the molecule is CN(C(=O)CSc1nc2ccccc2n1CC(=O)N(C)C1CCCCC1)c1ccccc1. The number of nitrogens with zero attached hydrogens (tertiary/aromatic N) is 4. The van der Waals surface area contributed by atoms with Crippen LogP contribution in [-0.2, 0) is 16.1 Å². The molecule has 2 aromatic carbocycles. The van der Waals surface area contributed by atoms with Crippen molar-refractivity contribution < 1.29 is 9.59 Å². The molecule has 32 heavy (non-hydrogen) atoms. The molecule has 0 N–H and O–H groups in total. The van der Waals surface area contributed by atoms with Crippen LogP contribution in [0.2, 0.25) is 0 Å². The fourth-order valence-electron chi connectivity index (χ4n) is 4.25. The molecule has 0 spiro atoms. The summed E-state index contributed by atoms with van der Waals surface area (Å²) >= 11 is 1.38. The maximum atomic E-state index is 13.1. The summed E-state index contributed by atoms with van der Waals surface area (Å²) in [6.07, 6.45) is 5.80. The van der Waals surface area contributed by atoms with Crippen molar-refractivity contribution in [2.24, 2.45) is 0 Å². The van der Waals surface area contributed by atoms with E-state index in [1.54, 1.807) is 11.9 Å². The lowest BCUT2D eigenvalue weighted by molar-refractivity contribution is -0.133. The number of anilines is 1. The summed E-state index contributed by atoms with van der Waals surface area (Å²) in [6, 6.07) is 17.7. The van der Waals surface area contributed by atoms with Gasteiger partial charge in [0.25, 0.3) is 0 Å². The van der Waals surface area contributed by atoms with Crippen LogP contribution >= 0.6 is 11.8 Å². The van der Waals surface area contributed by atoms with Crippen molar-refractivity contribution in [2.45, 2.75) is 49.8 Å². The van der Waals surface area contributed by atoms with E-state index in [0.29, 0.717) is 11.2 Å². The minimum atomic E-state index is -0.00884. The summed E-state index contributed by atoms with van der Waals surface area (Å²) in [5.74, 6) is 0.335. The van der Waals surface area contributed by atoms with Gasteiger partial charge in [0.15, 0.2) is 5.16 Å². The first-order valence-electron chi connectivity index (χ1n) is 11.2. The summed E-state index contributed by atoms with van der Waals surface area (Å²) in [6.45, 7) is 0.235. The molecule has 1 aromatic heterocycles. The first kappa shape index (κ1) is 22.4. The van der Waals surface area contributed by atoms with Crippen molar-refractivity contribution >= 4 is 40.3 Å². The number of hydrogen-bond acceptors (Lipinski definition) is 4. The molecule has 6 nitrogen and oxygen atoms in total. The number of para-hydroxylation sites is 3. The van der Waals surface area contributed by atoms with Crippen LogP contribution in [0.5, 0.6) is 0 Å². The number of fused-ring (bicyclic) bond motifs is 1. The summed E-state index contributed by atoms with van der Waals surface area (Å²) in [4.78, 5) is 34.2. The van der Waals surface area contributed by atoms with Gasteiger partial charge >= 0.3 is 0 Å². The standard InChI is InChI=1S/C25H30N4O2S/c1-27(19-11-5-3-6-12-19)23(30)17-29-22-16-10-9-15-21(22)26-25(29)32-18-24(31)28(2)20-13-7-4-8-14-20/h4,7-10,13-16,19H,3,5-6,11-12,17-18H2,1-2H3. The molecule has 0 bridgehead atoms. The Bertz CT molecular complexity index is 1080. The summed E-state index contributed by atoms with van der Waals surface area (Å²) in [7, 11) is 3.70. The van der Waals surface area contributed by atoms with E-state index >= 15 is 0 Å². The normalized spacial score (nSPS) is 14.4. The molecule has 1 heterocycles. The first-order chi connectivity index (χ1) is 15.5. The van der Waals surface area contributed by atoms with E-state index in [1.807, 2.05) is 71.1 Å². The van der Waals surface area contributed by atoms with Gasteiger partial charge in [-0.3, -0.25) is 9.59 Å². The van der Waals surface area contributed by atoms with Crippen molar-refractivity contribution in [3.63, 3.8) is 0 Å². The zero-order chi connectivity index (χ0) is 22.5. The second kappa shape index (κ2) is 10.2. The highest BCUT2D eigenvalue weighted by molar-refractivity contribution is 7.99. The second-order valence-electron chi connectivity index (χ2n) is 8.34. The van der Waals surface area contributed by atoms with Gasteiger partial charge in [0.2, 0.25) is 11.8 Å². The van der Waals surface area contributed by atoms with E-state index in [1.165, 1.54) is 31.0 Å². The van der Waals surface area contributed by atoms with Crippen molar-refractivity contribution in [3.05, 3.63) is 54.6 Å². The third-order valence-electron chi connectivity index (χ3n) is 6.27. The summed E-state index contributed by atoms with van der Waals surface area (Å²) < 4.78 is 1.96. The molecular formula is C25H30N4O2S. The van der Waals surface area contributed by atoms with Crippen LogP contribution in [0.25, 0.3) is 11.0 Å². The topological polar surface area (TPSA) is 58.4 Å². The van der Waals surface area contributed by atoms with Gasteiger partial charge in [0.1, 0.15) is 6.54 Å². The maximum absolute atomic E-state index is 13.1. The van der Waals surface area contributed by atoms with E-state index in [2.05, 4.69) is 0 Å². The van der Waals surface area contributed by atoms with Crippen molar-refractivity contribution in [2.75, 3.05) is 24.7 Å². The van der Waals surface area contributed by atoms with Crippen molar-refractivity contribution in [1.82, 2.24) is 14.5 Å². The lowest BCUT2D eigenvalue weighted by Crippen LogP contribution is -2.40. The average Bonchev–Trinajstić information content (AvgIpc) is 3.19. The van der Waals surface area contributed by atoms with Crippen LogP contribution in [-0.4, -0.2) is 52.2 Å². The predicted octanol–water partition coefficient (Wildman–Crippen LogP) is 4.58. The first-order valence-corrected chi connectivity index (χ1v) is 12.2. The Morgan fingerprint density at radius 1 is 0.969 bits per heavy atom. The van der Waals surface area contributed by atoms with Gasteiger partial charge in [-0.15, -0.1) is 0 Å². The smallest absolute Gasteiger partial charge is 0.242 e. The van der Waals surface area contributed by atoms with Crippen LogP contribution in [0.3, 0.4) is 0 Å². The molecule has 2 amide bonds. The number of carbonyl (C=O) groups is 2. The molecule has 3 aromatic rings. The molecule has 168 valence electrons. The minimum absolute atomic E-state index is 0.00884. The Labute approximate surface area is 193 Å². The Balaban J connectivity index is 1.50. The zero-order valence-corrected chi connectivity index (χ0v) is 19.6. The quantitative estimate of drug-likeness (QED) is 0.494. The van der Waals surface area contributed by atoms with Crippen molar-refractivity contribution in [1.29, 1.82) is 0 Å². The zero-order valence-electron chi connectivity index (χ0n) is 18.7. The molecule has 0 radical (unpaired) electrons. The number of likely N-dealkylation sites (N-methyl/N-ethyl adjacent to an activating group) is 1. The molecule has 7 heteroatoms. The molecular weight excluding hydrogens is 420 g/mol. The van der Waals surface area contributed by atoms with Gasteiger partial charge in [-0.2, -0.15) is 0 Å². The summed E-state index contributed by atoms with van der Waals surface area (Å²) in [5, 5.41) is 0.700. The predicted molar refractivity (Wildman–Crippen MR) is 130 cm³/mol. The highest BCUT2D eigenvalue weighted by atomic mass is 32.2. The van der Waals surface area contributed by atoms with Crippen LogP contribution in [0, 0.1) is 0 Å². The number of amides is 2. The van der Waals surface area contributed by atoms with Gasteiger partial charge in [-0.05, 0) is 37.1 Å². The minimum Gasteiger partial charge on any atom is -0.341 e. The second-order valence-corrected chi connectivity index (χ2v) is 9.29. The van der Waals surface area contributed by atoms with Gasteiger partial charge in [-0.25, -0.2) is 4.98 Å². The molecule has 1 aliphatic rings. The fraction of sp³-hybridized carbons (Fsp3) is 0.400. The van der Waals surface area contributed by atoms with E-state index in [9.17, 15) is 9.59 Å². The molecule has 4 rings (SSSR count). The van der Waals surface area contributed by atoms with Gasteiger partial charge in [0, 0.05) is 25.8 Å². The molecule has 1 aliphatic carbocycles. The lowest BCUT2D eigenvalue weighted by atomic mass is 9.94. The number of hydrogen-bond donors (Lipinski definition) is 0. The average molecular weight is 451 g/mol. The maximum Gasteiger partial charge on any atom is 0.242 e. The molecule has 1 saturated carbocycles. The van der Waals surface area contributed by atoms with E-state index < -0.39 is 0 Å². The molecule has 0 aliphatic heterocycles. The molecule has 1 fully saturated rings. The number of imidazole rings is 1. The number of thioether (sulfide) groups is 1. The van der Waals surface area contributed by atoms with E-state index in [-0.39, 0.29) is 24.1 Å². The van der Waals surface area contributed by atoms with Crippen molar-refractivity contribution in [3.8, 4) is 0 Å². The van der Waals surface area contributed by atoms with E-state index in [4.69, 9.17) is 4.98 Å². The number of benzene rings is 2. The number of rotatable bonds is 7. The highest BCUT2D eigenvalue weighted by Crippen LogP contribution is 2.26. The number of aromatic nitrogens is 2. The van der Waals surface area contributed by atoms with Crippen LogP contribution in [0.15, 0.2) is 59.8 Å². The third-order valence-corrected chi connectivity index (χ3v) is 7.23. The van der Waals surface area contributed by atoms with Gasteiger partial charge in [0.05, 0.1) is 16.8 Å². The van der Waals surface area contributed by atoms with Gasteiger partial charge < -0.3 is 14.4 Å². The van der Waals surface area contributed by atoms with Crippen LogP contribution in [0.4, 0.5) is 5.69 Å². The number of carbonyl (C=O) groups excluding carboxylic acids is 2. The molecule has 0 atom stereocenters. The fourth-order valence-corrected chi connectivity index (χ4v) is 5.18. The highest BCUT2D eigenvalue weighted by Gasteiger charge is 2.24. The Hall–Kier alpha value is -2.80. The Morgan fingerprint density at radius 2 is 1.66 bits per heavy atom.